The van der Waals surface area contributed by atoms with Gasteiger partial charge in [0.25, 0.3) is 0 Å². The van der Waals surface area contributed by atoms with Gasteiger partial charge in [-0.1, -0.05) is 20.8 Å². The molecule has 4 heteroatoms. The molecule has 0 aliphatic heterocycles. The maximum Gasteiger partial charge on any atom is 0.309 e. The van der Waals surface area contributed by atoms with Gasteiger partial charge < -0.3 is 10.2 Å². The first-order chi connectivity index (χ1) is 5.80. The van der Waals surface area contributed by atoms with Crippen LogP contribution in [0.5, 0.6) is 0 Å². The lowest BCUT2D eigenvalue weighted by atomic mass is 9.76. The van der Waals surface area contributed by atoms with Crippen LogP contribution in [0.1, 0.15) is 27.2 Å². The normalized spacial score (nSPS) is 15.9. The molecule has 0 amide bonds. The molecule has 0 saturated carbocycles. The summed E-state index contributed by atoms with van der Waals surface area (Å²) in [4.78, 5) is 10.8. The van der Waals surface area contributed by atoms with Crippen LogP contribution in [-0.4, -0.2) is 22.3 Å². The average Bonchev–Trinajstić information content (AvgIpc) is 1.82. The Morgan fingerprint density at radius 2 is 2.00 bits per heavy atom. The molecule has 0 bridgehead atoms. The molecule has 0 aliphatic rings. The second-order valence-electron chi connectivity index (χ2n) is 4.11. The van der Waals surface area contributed by atoms with E-state index in [2.05, 4.69) is 0 Å². The SMILES string of the molecule is CC(C)(C)[C@@H](C(=O)O)C(O)CC#N. The molecule has 0 saturated heterocycles. The molecular formula is C9H15NO3. The van der Waals surface area contributed by atoms with E-state index < -0.39 is 23.4 Å². The first-order valence-corrected chi connectivity index (χ1v) is 4.08. The Hall–Kier alpha value is -1.08. The van der Waals surface area contributed by atoms with E-state index in [4.69, 9.17) is 10.4 Å². The van der Waals surface area contributed by atoms with Crippen LogP contribution in [0.2, 0.25) is 0 Å². The fourth-order valence-electron chi connectivity index (χ4n) is 1.32. The predicted molar refractivity (Wildman–Crippen MR) is 46.8 cm³/mol. The quantitative estimate of drug-likeness (QED) is 0.687. The number of nitrogens with zero attached hydrogens (tertiary/aromatic N) is 1. The van der Waals surface area contributed by atoms with Crippen LogP contribution in [0, 0.1) is 22.7 Å². The van der Waals surface area contributed by atoms with E-state index in [1.807, 2.05) is 0 Å². The molecule has 0 rings (SSSR count). The van der Waals surface area contributed by atoms with Gasteiger partial charge in [-0.3, -0.25) is 4.79 Å². The third-order valence-electron chi connectivity index (χ3n) is 1.88. The zero-order chi connectivity index (χ0) is 10.6. The number of nitriles is 1. The highest BCUT2D eigenvalue weighted by Crippen LogP contribution is 2.30. The van der Waals surface area contributed by atoms with Crippen LogP contribution in [-0.2, 0) is 4.79 Å². The zero-order valence-electron chi connectivity index (χ0n) is 8.11. The lowest BCUT2D eigenvalue weighted by Crippen LogP contribution is -2.38. The van der Waals surface area contributed by atoms with Crippen molar-refractivity contribution in [2.24, 2.45) is 11.3 Å². The lowest BCUT2D eigenvalue weighted by molar-refractivity contribution is -0.151. The van der Waals surface area contributed by atoms with Crippen molar-refractivity contribution in [2.45, 2.75) is 33.3 Å². The molecule has 74 valence electrons. The van der Waals surface area contributed by atoms with Gasteiger partial charge in [0.15, 0.2) is 0 Å². The molecule has 0 fully saturated rings. The van der Waals surface area contributed by atoms with Crippen LogP contribution in [0.4, 0.5) is 0 Å². The molecule has 0 heterocycles. The number of aliphatic hydroxyl groups excluding tert-OH is 1. The minimum atomic E-state index is -1.09. The van der Waals surface area contributed by atoms with Crippen LogP contribution < -0.4 is 0 Å². The van der Waals surface area contributed by atoms with Crippen LogP contribution >= 0.6 is 0 Å². The molecule has 0 radical (unpaired) electrons. The molecule has 2 N–H and O–H groups in total. The average molecular weight is 185 g/mol. The summed E-state index contributed by atoms with van der Waals surface area (Å²) in [6, 6.07) is 1.76. The van der Waals surface area contributed by atoms with Crippen molar-refractivity contribution in [2.75, 3.05) is 0 Å². The summed E-state index contributed by atoms with van der Waals surface area (Å²) in [5, 5.41) is 26.6. The Bertz CT molecular complexity index is 224. The van der Waals surface area contributed by atoms with Crippen molar-refractivity contribution >= 4 is 5.97 Å². The largest absolute Gasteiger partial charge is 0.481 e. The Morgan fingerprint density at radius 1 is 1.54 bits per heavy atom. The van der Waals surface area contributed by atoms with Gasteiger partial charge in [-0.25, -0.2) is 0 Å². The van der Waals surface area contributed by atoms with E-state index in [1.54, 1.807) is 26.8 Å². The molecule has 0 aliphatic carbocycles. The Balaban J connectivity index is 4.64. The van der Waals surface area contributed by atoms with Gasteiger partial charge in [-0.05, 0) is 5.41 Å². The van der Waals surface area contributed by atoms with Crippen LogP contribution in [0.25, 0.3) is 0 Å². The Morgan fingerprint density at radius 3 is 2.23 bits per heavy atom. The smallest absolute Gasteiger partial charge is 0.309 e. The van der Waals surface area contributed by atoms with Crippen molar-refractivity contribution < 1.29 is 15.0 Å². The van der Waals surface area contributed by atoms with Gasteiger partial charge in [0.05, 0.1) is 24.5 Å². The van der Waals surface area contributed by atoms with Crippen molar-refractivity contribution in [1.82, 2.24) is 0 Å². The number of hydrogen-bond acceptors (Lipinski definition) is 3. The van der Waals surface area contributed by atoms with Crippen molar-refractivity contribution in [3.8, 4) is 6.07 Å². The molecule has 2 atom stereocenters. The van der Waals surface area contributed by atoms with Crippen molar-refractivity contribution in [1.29, 1.82) is 5.26 Å². The Labute approximate surface area is 77.8 Å². The van der Waals surface area contributed by atoms with Crippen LogP contribution in [0.3, 0.4) is 0 Å². The number of aliphatic hydroxyl groups is 1. The number of carboxylic acid groups (broad SMARTS) is 1. The molecule has 1 unspecified atom stereocenters. The molecule has 13 heavy (non-hydrogen) atoms. The van der Waals surface area contributed by atoms with Crippen molar-refractivity contribution in [3.63, 3.8) is 0 Å². The van der Waals surface area contributed by atoms with Gasteiger partial charge in [0.1, 0.15) is 0 Å². The monoisotopic (exact) mass is 185 g/mol. The van der Waals surface area contributed by atoms with E-state index in [9.17, 15) is 9.90 Å². The molecule has 0 aromatic rings. The summed E-state index contributed by atoms with van der Waals surface area (Å²) in [5.41, 5.74) is -0.540. The highest BCUT2D eigenvalue weighted by molar-refractivity contribution is 5.71. The second-order valence-corrected chi connectivity index (χ2v) is 4.11. The third kappa shape index (κ3) is 3.43. The number of carbonyl (C=O) groups is 1. The fraction of sp³-hybridized carbons (Fsp3) is 0.778. The zero-order valence-corrected chi connectivity index (χ0v) is 8.11. The van der Waals surface area contributed by atoms with Crippen LogP contribution in [0.15, 0.2) is 0 Å². The minimum Gasteiger partial charge on any atom is -0.481 e. The number of carboxylic acids is 1. The van der Waals surface area contributed by atoms with E-state index in [0.29, 0.717) is 0 Å². The summed E-state index contributed by atoms with van der Waals surface area (Å²) < 4.78 is 0. The minimum absolute atomic E-state index is 0.145. The first-order valence-electron chi connectivity index (χ1n) is 4.08. The summed E-state index contributed by atoms with van der Waals surface area (Å²) in [6.45, 7) is 5.19. The van der Waals surface area contributed by atoms with Gasteiger partial charge in [-0.2, -0.15) is 5.26 Å². The standard InChI is InChI=1S/C9H15NO3/c1-9(2,3)7(8(12)13)6(11)4-5-10/h6-7,11H,4H2,1-3H3,(H,12,13)/t6?,7-/m1/s1. The predicted octanol–water partition coefficient (Wildman–Crippen LogP) is 1.01. The van der Waals surface area contributed by atoms with E-state index in [0.717, 1.165) is 0 Å². The Kier molecular flexibility index (Phi) is 3.89. The highest BCUT2D eigenvalue weighted by atomic mass is 16.4. The van der Waals surface area contributed by atoms with E-state index in [1.165, 1.54) is 0 Å². The molecule has 0 aromatic carbocycles. The summed E-state index contributed by atoms with van der Waals surface area (Å²) in [7, 11) is 0. The number of rotatable bonds is 3. The number of aliphatic carboxylic acids is 1. The van der Waals surface area contributed by atoms with Gasteiger partial charge in [0, 0.05) is 0 Å². The number of hydrogen-bond donors (Lipinski definition) is 2. The molecule has 0 spiro atoms. The molecule has 0 aromatic heterocycles. The van der Waals surface area contributed by atoms with E-state index in [-0.39, 0.29) is 6.42 Å². The topological polar surface area (TPSA) is 81.3 Å². The fourth-order valence-corrected chi connectivity index (χ4v) is 1.32. The first kappa shape index (κ1) is 11.9. The van der Waals surface area contributed by atoms with Gasteiger partial charge in [-0.15, -0.1) is 0 Å². The third-order valence-corrected chi connectivity index (χ3v) is 1.88. The summed E-state index contributed by atoms with van der Waals surface area (Å²) >= 11 is 0. The summed E-state index contributed by atoms with van der Waals surface area (Å²) in [6.07, 6.45) is -1.24. The maximum absolute atomic E-state index is 10.8. The van der Waals surface area contributed by atoms with Gasteiger partial charge in [0.2, 0.25) is 0 Å². The lowest BCUT2D eigenvalue weighted by Gasteiger charge is -2.29. The second kappa shape index (κ2) is 4.24. The van der Waals surface area contributed by atoms with Gasteiger partial charge >= 0.3 is 5.97 Å². The maximum atomic E-state index is 10.8. The highest BCUT2D eigenvalue weighted by Gasteiger charge is 2.36. The molecule has 4 nitrogen and oxygen atoms in total. The summed E-state index contributed by atoms with van der Waals surface area (Å²) in [5.74, 6) is -1.96. The van der Waals surface area contributed by atoms with Crippen molar-refractivity contribution in [3.05, 3.63) is 0 Å². The van der Waals surface area contributed by atoms with E-state index >= 15 is 0 Å². The molecular weight excluding hydrogens is 170 g/mol.